The van der Waals surface area contributed by atoms with Gasteiger partial charge in [-0.05, 0) is 17.0 Å². The summed E-state index contributed by atoms with van der Waals surface area (Å²) in [6.07, 6.45) is 0. The monoisotopic (exact) mass is 291 g/mol. The Bertz CT molecular complexity index is 680. The Kier molecular flexibility index (Phi) is 3.33. The number of nitrogens with zero attached hydrogens (tertiary/aromatic N) is 2. The Morgan fingerprint density at radius 3 is 2.63 bits per heavy atom. The van der Waals surface area contributed by atoms with Crippen LogP contribution in [-0.4, -0.2) is 10.2 Å². The molecule has 1 atom stereocenters. The maximum Gasteiger partial charge on any atom is 0.259 e. The van der Waals surface area contributed by atoms with Crippen LogP contribution < -0.4 is 5.73 Å². The van der Waals surface area contributed by atoms with Crippen molar-refractivity contribution in [2.45, 2.75) is 6.04 Å². The summed E-state index contributed by atoms with van der Waals surface area (Å²) in [7, 11) is 0. The number of benzene rings is 1. The van der Waals surface area contributed by atoms with Gasteiger partial charge in [0.05, 0.1) is 5.02 Å². The molecule has 0 saturated carbocycles. The number of aromatic nitrogens is 2. The van der Waals surface area contributed by atoms with Crippen molar-refractivity contribution < 1.29 is 4.42 Å². The van der Waals surface area contributed by atoms with Crippen LogP contribution in [0.25, 0.3) is 10.8 Å². The number of hydrogen-bond acceptors (Lipinski definition) is 5. The highest BCUT2D eigenvalue weighted by molar-refractivity contribution is 7.14. The fraction of sp³-hybridized carbons (Fsp3) is 0.0769. The lowest BCUT2D eigenvalue weighted by molar-refractivity contribution is 0.485. The molecule has 0 fully saturated rings. The number of thiophene rings is 1. The van der Waals surface area contributed by atoms with E-state index in [4.69, 9.17) is 21.8 Å². The highest BCUT2D eigenvalue weighted by atomic mass is 35.5. The summed E-state index contributed by atoms with van der Waals surface area (Å²) in [6.45, 7) is 0. The first-order valence-electron chi connectivity index (χ1n) is 5.63. The van der Waals surface area contributed by atoms with Gasteiger partial charge in [-0.3, -0.25) is 0 Å². The van der Waals surface area contributed by atoms with Gasteiger partial charge in [0.2, 0.25) is 5.89 Å². The minimum Gasteiger partial charge on any atom is -0.418 e. The highest BCUT2D eigenvalue weighted by Crippen LogP contribution is 2.33. The second-order valence-electron chi connectivity index (χ2n) is 3.93. The molecule has 4 nitrogen and oxygen atoms in total. The first-order valence-corrected chi connectivity index (χ1v) is 6.89. The van der Waals surface area contributed by atoms with E-state index in [9.17, 15) is 0 Å². The van der Waals surface area contributed by atoms with Crippen LogP contribution in [0.3, 0.4) is 0 Å². The summed E-state index contributed by atoms with van der Waals surface area (Å²) in [4.78, 5) is 0.765. The Hall–Kier alpha value is -1.69. The van der Waals surface area contributed by atoms with Gasteiger partial charge in [-0.1, -0.05) is 41.9 Å². The summed E-state index contributed by atoms with van der Waals surface area (Å²) in [5.74, 6) is 0.784. The second-order valence-corrected chi connectivity index (χ2v) is 5.25. The van der Waals surface area contributed by atoms with Gasteiger partial charge in [-0.25, -0.2) is 0 Å². The Morgan fingerprint density at radius 1 is 1.16 bits per heavy atom. The molecule has 0 saturated heterocycles. The molecular weight excluding hydrogens is 282 g/mol. The van der Waals surface area contributed by atoms with Crippen molar-refractivity contribution in [2.24, 2.45) is 5.73 Å². The number of hydrogen-bond donors (Lipinski definition) is 1. The molecule has 2 heterocycles. The van der Waals surface area contributed by atoms with Gasteiger partial charge in [0.1, 0.15) is 10.9 Å². The van der Waals surface area contributed by atoms with Gasteiger partial charge in [-0.15, -0.1) is 21.5 Å². The molecule has 0 radical (unpaired) electrons. The van der Waals surface area contributed by atoms with Gasteiger partial charge < -0.3 is 10.2 Å². The van der Waals surface area contributed by atoms with Crippen molar-refractivity contribution in [1.29, 1.82) is 0 Å². The van der Waals surface area contributed by atoms with Gasteiger partial charge in [0, 0.05) is 0 Å². The third-order valence-electron chi connectivity index (χ3n) is 2.68. The van der Waals surface area contributed by atoms with Crippen LogP contribution in [0.4, 0.5) is 0 Å². The lowest BCUT2D eigenvalue weighted by atomic mass is 10.1. The van der Waals surface area contributed by atoms with E-state index in [2.05, 4.69) is 10.2 Å². The molecule has 96 valence electrons. The molecule has 3 aromatic rings. The van der Waals surface area contributed by atoms with Crippen molar-refractivity contribution in [1.82, 2.24) is 10.2 Å². The zero-order chi connectivity index (χ0) is 13.2. The quantitative estimate of drug-likeness (QED) is 0.802. The normalized spacial score (nSPS) is 12.5. The molecule has 1 aromatic carbocycles. The van der Waals surface area contributed by atoms with Gasteiger partial charge >= 0.3 is 0 Å². The van der Waals surface area contributed by atoms with Gasteiger partial charge in [-0.2, -0.15) is 0 Å². The number of nitrogens with two attached hydrogens (primary N) is 1. The summed E-state index contributed by atoms with van der Waals surface area (Å²) in [5, 5.41) is 10.5. The topological polar surface area (TPSA) is 64.9 Å². The summed E-state index contributed by atoms with van der Waals surface area (Å²) >= 11 is 7.49. The second kappa shape index (κ2) is 5.13. The smallest absolute Gasteiger partial charge is 0.259 e. The minimum atomic E-state index is -0.429. The molecule has 3 rings (SSSR count). The first-order chi connectivity index (χ1) is 9.25. The Labute approximate surface area is 118 Å². The van der Waals surface area contributed by atoms with Crippen molar-refractivity contribution in [3.05, 3.63) is 58.3 Å². The average molecular weight is 292 g/mol. The van der Waals surface area contributed by atoms with E-state index in [1.807, 2.05) is 35.7 Å². The fourth-order valence-electron chi connectivity index (χ4n) is 1.70. The van der Waals surface area contributed by atoms with Crippen LogP contribution >= 0.6 is 22.9 Å². The third-order valence-corrected chi connectivity index (χ3v) is 4.01. The number of halogens is 1. The predicted molar refractivity (Wildman–Crippen MR) is 75.1 cm³/mol. The zero-order valence-electron chi connectivity index (χ0n) is 9.79. The van der Waals surface area contributed by atoms with E-state index in [0.29, 0.717) is 16.8 Å². The van der Waals surface area contributed by atoms with E-state index >= 15 is 0 Å². The maximum atomic E-state index is 6.10. The summed E-state index contributed by atoms with van der Waals surface area (Å²) in [6, 6.07) is 11.0. The van der Waals surface area contributed by atoms with Crippen LogP contribution in [0.1, 0.15) is 17.5 Å². The fourth-order valence-corrected chi connectivity index (χ4v) is 2.76. The standard InChI is InChI=1S/C13H10ClN3OS/c14-9-6-7-19-11(9)13-17-16-12(18-13)10(15)8-4-2-1-3-5-8/h1-7,10H,15H2. The van der Waals surface area contributed by atoms with E-state index in [-0.39, 0.29) is 0 Å². The number of rotatable bonds is 3. The molecule has 0 spiro atoms. The SMILES string of the molecule is NC(c1ccccc1)c1nnc(-c2sccc2Cl)o1. The molecule has 0 aliphatic carbocycles. The van der Waals surface area contributed by atoms with E-state index in [1.54, 1.807) is 6.07 Å². The molecule has 0 aliphatic heterocycles. The van der Waals surface area contributed by atoms with Crippen molar-refractivity contribution in [3.8, 4) is 10.8 Å². The molecule has 2 aromatic heterocycles. The van der Waals surface area contributed by atoms with Crippen LogP contribution in [0.2, 0.25) is 5.02 Å². The predicted octanol–water partition coefficient (Wildman–Crippen LogP) is 3.50. The van der Waals surface area contributed by atoms with Crippen LogP contribution in [0.15, 0.2) is 46.2 Å². The minimum absolute atomic E-state index is 0.380. The Balaban J connectivity index is 1.92. The molecule has 2 N–H and O–H groups in total. The molecule has 19 heavy (non-hydrogen) atoms. The first kappa shape index (κ1) is 12.3. The maximum absolute atomic E-state index is 6.10. The zero-order valence-corrected chi connectivity index (χ0v) is 11.4. The summed E-state index contributed by atoms with van der Waals surface area (Å²) in [5.41, 5.74) is 7.02. The van der Waals surface area contributed by atoms with Crippen molar-refractivity contribution >= 4 is 22.9 Å². The molecule has 6 heteroatoms. The average Bonchev–Trinajstić information content (AvgIpc) is 3.07. The molecule has 0 aliphatic rings. The molecular formula is C13H10ClN3OS. The highest BCUT2D eigenvalue weighted by Gasteiger charge is 2.18. The van der Waals surface area contributed by atoms with Gasteiger partial charge in [0.15, 0.2) is 0 Å². The van der Waals surface area contributed by atoms with Crippen LogP contribution in [0, 0.1) is 0 Å². The van der Waals surface area contributed by atoms with E-state index in [1.165, 1.54) is 11.3 Å². The van der Waals surface area contributed by atoms with Crippen molar-refractivity contribution in [2.75, 3.05) is 0 Å². The molecule has 1 unspecified atom stereocenters. The third kappa shape index (κ3) is 2.40. The lowest BCUT2D eigenvalue weighted by Gasteiger charge is -2.06. The molecule has 0 bridgehead atoms. The Morgan fingerprint density at radius 2 is 1.95 bits per heavy atom. The van der Waals surface area contributed by atoms with E-state index in [0.717, 1.165) is 10.4 Å². The molecule has 0 amide bonds. The largest absolute Gasteiger partial charge is 0.418 e. The van der Waals surface area contributed by atoms with E-state index < -0.39 is 6.04 Å². The lowest BCUT2D eigenvalue weighted by Crippen LogP contribution is -2.11. The van der Waals surface area contributed by atoms with Crippen LogP contribution in [0.5, 0.6) is 0 Å². The van der Waals surface area contributed by atoms with Crippen molar-refractivity contribution in [3.63, 3.8) is 0 Å². The summed E-state index contributed by atoms with van der Waals surface area (Å²) < 4.78 is 5.60. The van der Waals surface area contributed by atoms with Gasteiger partial charge in [0.25, 0.3) is 5.89 Å². The van der Waals surface area contributed by atoms with Crippen LogP contribution in [-0.2, 0) is 0 Å².